The van der Waals surface area contributed by atoms with Gasteiger partial charge in [-0.3, -0.25) is 4.79 Å². The molecule has 1 aromatic rings. The third kappa shape index (κ3) is 3.14. The van der Waals surface area contributed by atoms with Crippen LogP contribution in [-0.2, 0) is 4.79 Å². The Balaban J connectivity index is 1.72. The van der Waals surface area contributed by atoms with Gasteiger partial charge < -0.3 is 9.80 Å². The molecule has 0 unspecified atom stereocenters. The van der Waals surface area contributed by atoms with Crippen LogP contribution in [0.25, 0.3) is 0 Å². The quantitative estimate of drug-likeness (QED) is 0.851. The molecular formula is C17H23N5O. The summed E-state index contributed by atoms with van der Waals surface area (Å²) in [5.41, 5.74) is 2.14. The molecule has 0 bridgehead atoms. The highest BCUT2D eigenvalue weighted by Crippen LogP contribution is 2.27. The summed E-state index contributed by atoms with van der Waals surface area (Å²) >= 11 is 0. The Kier molecular flexibility index (Phi) is 4.46. The van der Waals surface area contributed by atoms with Crippen LogP contribution in [0.2, 0.25) is 0 Å². The number of anilines is 1. The van der Waals surface area contributed by atoms with Gasteiger partial charge in [0.25, 0.3) is 0 Å². The van der Waals surface area contributed by atoms with Gasteiger partial charge in [0, 0.05) is 19.6 Å². The molecule has 122 valence electrons. The van der Waals surface area contributed by atoms with E-state index in [2.05, 4.69) is 16.3 Å². The zero-order chi connectivity index (χ0) is 16.4. The van der Waals surface area contributed by atoms with E-state index in [1.165, 1.54) is 25.7 Å². The van der Waals surface area contributed by atoms with E-state index in [0.29, 0.717) is 36.9 Å². The molecular weight excluding hydrogens is 290 g/mol. The van der Waals surface area contributed by atoms with E-state index in [4.69, 9.17) is 0 Å². The molecule has 1 saturated heterocycles. The normalized spacial score (nSPS) is 19.3. The van der Waals surface area contributed by atoms with Crippen molar-refractivity contribution in [3.63, 3.8) is 0 Å². The summed E-state index contributed by atoms with van der Waals surface area (Å²) in [6.45, 7) is 6.32. The summed E-state index contributed by atoms with van der Waals surface area (Å²) in [5.74, 6) is 1.35. The van der Waals surface area contributed by atoms with Gasteiger partial charge in [-0.2, -0.15) is 10.4 Å². The topological polar surface area (TPSA) is 73.1 Å². The molecule has 6 nitrogen and oxygen atoms in total. The van der Waals surface area contributed by atoms with E-state index < -0.39 is 0 Å². The van der Waals surface area contributed by atoms with Crippen molar-refractivity contribution < 1.29 is 4.79 Å². The van der Waals surface area contributed by atoms with Gasteiger partial charge in [-0.15, -0.1) is 5.10 Å². The molecule has 1 aliphatic carbocycles. The average molecular weight is 313 g/mol. The minimum atomic E-state index is 0.132. The molecule has 0 aromatic carbocycles. The van der Waals surface area contributed by atoms with Gasteiger partial charge in [0.1, 0.15) is 11.6 Å². The van der Waals surface area contributed by atoms with Crippen LogP contribution in [0.3, 0.4) is 0 Å². The molecule has 1 amide bonds. The van der Waals surface area contributed by atoms with Crippen LogP contribution in [0.15, 0.2) is 0 Å². The standard InChI is InChI=1S/C17H23N5O/c1-12-13(2)19-20-17(15(12)9-18)22-8-7-21(16(23)11-22)10-14-5-3-4-6-14/h14H,3-8,10-11H2,1-2H3. The zero-order valence-electron chi connectivity index (χ0n) is 13.9. The molecule has 2 aliphatic rings. The number of amides is 1. The number of aromatic nitrogens is 2. The smallest absolute Gasteiger partial charge is 0.242 e. The van der Waals surface area contributed by atoms with Crippen molar-refractivity contribution in [2.24, 2.45) is 5.92 Å². The van der Waals surface area contributed by atoms with Gasteiger partial charge in [0.2, 0.25) is 5.91 Å². The number of hydrogen-bond acceptors (Lipinski definition) is 5. The Morgan fingerprint density at radius 3 is 2.61 bits per heavy atom. The molecule has 0 atom stereocenters. The summed E-state index contributed by atoms with van der Waals surface area (Å²) < 4.78 is 0. The second kappa shape index (κ2) is 6.53. The number of nitrogens with zero attached hydrogens (tertiary/aromatic N) is 5. The minimum absolute atomic E-state index is 0.132. The lowest BCUT2D eigenvalue weighted by atomic mass is 10.1. The van der Waals surface area contributed by atoms with Crippen molar-refractivity contribution in [3.8, 4) is 6.07 Å². The predicted molar refractivity (Wildman–Crippen MR) is 87.0 cm³/mol. The van der Waals surface area contributed by atoms with E-state index >= 15 is 0 Å². The molecule has 0 radical (unpaired) electrons. The molecule has 0 spiro atoms. The van der Waals surface area contributed by atoms with E-state index in [1.54, 1.807) is 0 Å². The lowest BCUT2D eigenvalue weighted by Crippen LogP contribution is -2.52. The number of nitriles is 1. The lowest BCUT2D eigenvalue weighted by molar-refractivity contribution is -0.131. The van der Waals surface area contributed by atoms with Crippen LogP contribution in [0, 0.1) is 31.1 Å². The van der Waals surface area contributed by atoms with Crippen LogP contribution in [0.5, 0.6) is 0 Å². The summed E-state index contributed by atoms with van der Waals surface area (Å²) in [5, 5.41) is 17.7. The molecule has 2 heterocycles. The number of carbonyl (C=O) groups is 1. The molecule has 1 aliphatic heterocycles. The maximum atomic E-state index is 12.5. The van der Waals surface area contributed by atoms with Gasteiger partial charge in [-0.05, 0) is 38.2 Å². The molecule has 3 rings (SSSR count). The first-order chi connectivity index (χ1) is 11.1. The number of aryl methyl sites for hydroxylation is 1. The van der Waals surface area contributed by atoms with Crippen LogP contribution in [-0.4, -0.2) is 47.2 Å². The van der Waals surface area contributed by atoms with Gasteiger partial charge >= 0.3 is 0 Å². The Hall–Kier alpha value is -2.16. The summed E-state index contributed by atoms with van der Waals surface area (Å²) in [6, 6.07) is 2.22. The monoisotopic (exact) mass is 313 g/mol. The highest BCUT2D eigenvalue weighted by molar-refractivity contribution is 5.83. The highest BCUT2D eigenvalue weighted by atomic mass is 16.2. The van der Waals surface area contributed by atoms with Gasteiger partial charge in [0.15, 0.2) is 5.82 Å². The second-order valence-electron chi connectivity index (χ2n) is 6.63. The fraction of sp³-hybridized carbons (Fsp3) is 0.647. The van der Waals surface area contributed by atoms with E-state index in [9.17, 15) is 10.1 Å². The van der Waals surface area contributed by atoms with Crippen molar-refractivity contribution in [2.75, 3.05) is 31.1 Å². The third-order valence-electron chi connectivity index (χ3n) is 5.12. The predicted octanol–water partition coefficient (Wildman–Crippen LogP) is 1.80. The maximum Gasteiger partial charge on any atom is 0.242 e. The van der Waals surface area contributed by atoms with Gasteiger partial charge in [-0.25, -0.2) is 0 Å². The minimum Gasteiger partial charge on any atom is -0.343 e. The van der Waals surface area contributed by atoms with Crippen LogP contribution in [0.1, 0.15) is 42.5 Å². The fourth-order valence-electron chi connectivity index (χ4n) is 3.54. The zero-order valence-corrected chi connectivity index (χ0v) is 13.9. The van der Waals surface area contributed by atoms with Gasteiger partial charge in [-0.1, -0.05) is 12.8 Å². The molecule has 0 N–H and O–H groups in total. The van der Waals surface area contributed by atoms with Crippen molar-refractivity contribution in [3.05, 3.63) is 16.8 Å². The lowest BCUT2D eigenvalue weighted by Gasteiger charge is -2.36. The molecule has 23 heavy (non-hydrogen) atoms. The number of rotatable bonds is 3. The summed E-state index contributed by atoms with van der Waals surface area (Å²) in [4.78, 5) is 16.3. The van der Waals surface area contributed by atoms with Gasteiger partial charge in [0.05, 0.1) is 12.2 Å². The van der Waals surface area contributed by atoms with Crippen molar-refractivity contribution in [2.45, 2.75) is 39.5 Å². The van der Waals surface area contributed by atoms with Crippen molar-refractivity contribution in [1.29, 1.82) is 5.26 Å². The third-order valence-corrected chi connectivity index (χ3v) is 5.12. The first kappa shape index (κ1) is 15.7. The molecule has 1 saturated carbocycles. The van der Waals surface area contributed by atoms with Crippen molar-refractivity contribution in [1.82, 2.24) is 15.1 Å². The molecule has 1 aromatic heterocycles. The summed E-state index contributed by atoms with van der Waals surface area (Å²) in [7, 11) is 0. The SMILES string of the molecule is Cc1nnc(N2CCN(CC3CCCC3)C(=O)C2)c(C#N)c1C. The Morgan fingerprint density at radius 1 is 1.22 bits per heavy atom. The van der Waals surface area contributed by atoms with E-state index in [1.807, 2.05) is 23.6 Å². The van der Waals surface area contributed by atoms with Crippen LogP contribution < -0.4 is 4.90 Å². The molecule has 6 heteroatoms. The Bertz CT molecular complexity index is 645. The largest absolute Gasteiger partial charge is 0.343 e. The first-order valence-electron chi connectivity index (χ1n) is 8.37. The fourth-order valence-corrected chi connectivity index (χ4v) is 3.54. The van der Waals surface area contributed by atoms with Crippen LogP contribution in [0.4, 0.5) is 5.82 Å². The highest BCUT2D eigenvalue weighted by Gasteiger charge is 2.29. The van der Waals surface area contributed by atoms with Crippen LogP contribution >= 0.6 is 0 Å². The van der Waals surface area contributed by atoms with E-state index in [-0.39, 0.29) is 5.91 Å². The maximum absolute atomic E-state index is 12.5. The average Bonchev–Trinajstić information content (AvgIpc) is 3.05. The Labute approximate surface area is 137 Å². The van der Waals surface area contributed by atoms with E-state index in [0.717, 1.165) is 17.8 Å². The number of piperazine rings is 1. The van der Waals surface area contributed by atoms with Crippen molar-refractivity contribution >= 4 is 11.7 Å². The first-order valence-corrected chi connectivity index (χ1v) is 8.37. The summed E-state index contributed by atoms with van der Waals surface area (Å²) in [6.07, 6.45) is 5.08. The number of hydrogen-bond donors (Lipinski definition) is 0. The number of carbonyl (C=O) groups excluding carboxylic acids is 1. The molecule has 2 fully saturated rings. The second-order valence-corrected chi connectivity index (χ2v) is 6.63. The Morgan fingerprint density at radius 2 is 1.96 bits per heavy atom.